The Morgan fingerprint density at radius 3 is 2.52 bits per heavy atom. The second-order valence-electron chi connectivity index (χ2n) is 5.07. The van der Waals surface area contributed by atoms with Crippen molar-refractivity contribution in [1.29, 1.82) is 0 Å². The summed E-state index contributed by atoms with van der Waals surface area (Å²) in [5.41, 5.74) is 5.07. The van der Waals surface area contributed by atoms with Gasteiger partial charge in [-0.25, -0.2) is 4.98 Å². The van der Waals surface area contributed by atoms with Gasteiger partial charge in [0.1, 0.15) is 11.4 Å². The number of methoxy groups -OCH3 is 1. The number of pyridine rings is 1. The molecule has 0 aliphatic carbocycles. The summed E-state index contributed by atoms with van der Waals surface area (Å²) in [5.74, 6) is 0.833. The summed E-state index contributed by atoms with van der Waals surface area (Å²) >= 11 is 6.40. The zero-order valence-electron chi connectivity index (χ0n) is 12.3. The molecule has 1 unspecified atom stereocenters. The molecule has 3 aromatic rings. The van der Waals surface area contributed by atoms with Crippen LogP contribution in [0.4, 0.5) is 0 Å². The van der Waals surface area contributed by atoms with E-state index in [1.165, 1.54) is 0 Å². The fourth-order valence-electron chi connectivity index (χ4n) is 2.56. The highest BCUT2D eigenvalue weighted by atomic mass is 35.5. The molecule has 3 rings (SSSR count). The monoisotopic (exact) mass is 300 g/mol. The summed E-state index contributed by atoms with van der Waals surface area (Å²) in [6.07, 6.45) is 2.01. The number of halogens is 1. The molecule has 0 bridgehead atoms. The second kappa shape index (κ2) is 5.41. The lowest BCUT2D eigenvalue weighted by molar-refractivity contribution is 0.415. The number of imidazole rings is 1. The van der Waals surface area contributed by atoms with E-state index in [-0.39, 0.29) is 5.38 Å². The maximum absolute atomic E-state index is 6.40. The number of benzene rings is 1. The molecule has 2 heterocycles. The van der Waals surface area contributed by atoms with Crippen LogP contribution in [0.2, 0.25) is 0 Å². The van der Waals surface area contributed by atoms with Crippen molar-refractivity contribution in [3.8, 4) is 17.0 Å². The highest BCUT2D eigenvalue weighted by Crippen LogP contribution is 2.33. The van der Waals surface area contributed by atoms with E-state index < -0.39 is 0 Å². The predicted molar refractivity (Wildman–Crippen MR) is 86.2 cm³/mol. The average molecular weight is 301 g/mol. The first-order chi connectivity index (χ1) is 10.1. The number of fused-ring (bicyclic) bond motifs is 1. The van der Waals surface area contributed by atoms with Gasteiger partial charge in [-0.1, -0.05) is 6.07 Å². The molecule has 4 heteroatoms. The summed E-state index contributed by atoms with van der Waals surface area (Å²) in [6.45, 7) is 4.03. The van der Waals surface area contributed by atoms with Crippen LogP contribution in [0.25, 0.3) is 16.9 Å². The van der Waals surface area contributed by atoms with Gasteiger partial charge in [0.15, 0.2) is 0 Å². The molecule has 21 heavy (non-hydrogen) atoms. The van der Waals surface area contributed by atoms with E-state index in [1.807, 2.05) is 43.5 Å². The van der Waals surface area contributed by atoms with Crippen LogP contribution >= 0.6 is 11.6 Å². The summed E-state index contributed by atoms with van der Waals surface area (Å²) < 4.78 is 7.29. The van der Waals surface area contributed by atoms with Gasteiger partial charge in [0.25, 0.3) is 0 Å². The third kappa shape index (κ3) is 2.38. The Balaban J connectivity index is 2.25. The van der Waals surface area contributed by atoms with E-state index >= 15 is 0 Å². The Bertz CT molecular complexity index is 775. The smallest absolute Gasteiger partial charge is 0.140 e. The van der Waals surface area contributed by atoms with Crippen LogP contribution in [0.3, 0.4) is 0 Å². The zero-order valence-corrected chi connectivity index (χ0v) is 13.1. The van der Waals surface area contributed by atoms with E-state index in [2.05, 4.69) is 17.4 Å². The normalized spacial score (nSPS) is 12.6. The van der Waals surface area contributed by atoms with E-state index in [1.54, 1.807) is 7.11 Å². The van der Waals surface area contributed by atoms with Crippen LogP contribution in [-0.4, -0.2) is 16.5 Å². The molecule has 0 saturated heterocycles. The van der Waals surface area contributed by atoms with Crippen LogP contribution in [0, 0.1) is 6.92 Å². The molecule has 0 fully saturated rings. The van der Waals surface area contributed by atoms with Gasteiger partial charge >= 0.3 is 0 Å². The first-order valence-electron chi connectivity index (χ1n) is 6.88. The molecule has 0 spiro atoms. The fourth-order valence-corrected chi connectivity index (χ4v) is 2.77. The Morgan fingerprint density at radius 1 is 1.19 bits per heavy atom. The second-order valence-corrected chi connectivity index (χ2v) is 5.73. The van der Waals surface area contributed by atoms with Crippen molar-refractivity contribution < 1.29 is 4.74 Å². The Labute approximate surface area is 129 Å². The Kier molecular flexibility index (Phi) is 3.60. The van der Waals surface area contributed by atoms with E-state index in [9.17, 15) is 0 Å². The first-order valence-corrected chi connectivity index (χ1v) is 7.31. The highest BCUT2D eigenvalue weighted by molar-refractivity contribution is 6.20. The molecule has 0 N–H and O–H groups in total. The number of aromatic nitrogens is 2. The molecule has 0 saturated carbocycles. The molecule has 108 valence electrons. The van der Waals surface area contributed by atoms with Gasteiger partial charge in [0, 0.05) is 11.8 Å². The molecule has 1 atom stereocenters. The fraction of sp³-hybridized carbons (Fsp3) is 0.235. The van der Waals surface area contributed by atoms with Crippen molar-refractivity contribution in [1.82, 2.24) is 9.38 Å². The predicted octanol–water partition coefficient (Wildman–Crippen LogP) is 4.62. The zero-order chi connectivity index (χ0) is 15.0. The van der Waals surface area contributed by atoms with E-state index in [4.69, 9.17) is 21.3 Å². The topological polar surface area (TPSA) is 26.5 Å². The molecule has 3 nitrogen and oxygen atoms in total. The third-order valence-corrected chi connectivity index (χ3v) is 3.83. The largest absolute Gasteiger partial charge is 0.497 e. The van der Waals surface area contributed by atoms with Crippen LogP contribution in [0.15, 0.2) is 42.6 Å². The summed E-state index contributed by atoms with van der Waals surface area (Å²) in [4.78, 5) is 4.80. The maximum Gasteiger partial charge on any atom is 0.140 e. The molecule has 0 aliphatic rings. The molecule has 0 amide bonds. The number of nitrogens with zero attached hydrogens (tertiary/aromatic N) is 2. The lowest BCUT2D eigenvalue weighted by Gasteiger charge is -2.08. The van der Waals surface area contributed by atoms with Crippen molar-refractivity contribution >= 4 is 17.2 Å². The minimum atomic E-state index is -0.126. The van der Waals surface area contributed by atoms with Crippen LogP contribution in [0.1, 0.15) is 23.6 Å². The van der Waals surface area contributed by atoms with Gasteiger partial charge in [0.05, 0.1) is 23.9 Å². The molecular formula is C17H17ClN2O. The van der Waals surface area contributed by atoms with Crippen LogP contribution in [0.5, 0.6) is 5.75 Å². The number of ether oxygens (including phenoxy) is 1. The van der Waals surface area contributed by atoms with Crippen LogP contribution < -0.4 is 4.74 Å². The van der Waals surface area contributed by atoms with E-state index in [0.29, 0.717) is 0 Å². The molecule has 1 aromatic carbocycles. The number of alkyl halides is 1. The minimum Gasteiger partial charge on any atom is -0.497 e. The highest BCUT2D eigenvalue weighted by Gasteiger charge is 2.18. The van der Waals surface area contributed by atoms with Crippen molar-refractivity contribution in [3.05, 3.63) is 53.9 Å². The van der Waals surface area contributed by atoms with Crippen molar-refractivity contribution in [2.45, 2.75) is 19.2 Å². The van der Waals surface area contributed by atoms with Crippen molar-refractivity contribution in [2.75, 3.05) is 7.11 Å². The Hall–Kier alpha value is -2.00. The standard InChI is InChI=1S/C17H17ClN2O/c1-11-5-4-10-20-16(12(2)18)15(19-17(11)20)13-6-8-14(21-3)9-7-13/h4-10,12H,1-3H3. The number of rotatable bonds is 3. The molecule has 0 aliphatic heterocycles. The molecule has 2 aromatic heterocycles. The van der Waals surface area contributed by atoms with Crippen molar-refractivity contribution in [3.63, 3.8) is 0 Å². The van der Waals surface area contributed by atoms with Crippen molar-refractivity contribution in [2.24, 2.45) is 0 Å². The number of hydrogen-bond acceptors (Lipinski definition) is 2. The van der Waals surface area contributed by atoms with Gasteiger partial charge in [-0.15, -0.1) is 11.6 Å². The lowest BCUT2D eigenvalue weighted by atomic mass is 10.1. The summed E-state index contributed by atoms with van der Waals surface area (Å²) in [5, 5.41) is -0.126. The number of aryl methyl sites for hydroxylation is 1. The minimum absolute atomic E-state index is 0.126. The molecule has 0 radical (unpaired) electrons. The van der Waals surface area contributed by atoms with Gasteiger partial charge in [-0.05, 0) is 49.7 Å². The van der Waals surface area contributed by atoms with Gasteiger partial charge < -0.3 is 9.14 Å². The Morgan fingerprint density at radius 2 is 1.90 bits per heavy atom. The number of hydrogen-bond donors (Lipinski definition) is 0. The van der Waals surface area contributed by atoms with Gasteiger partial charge in [0.2, 0.25) is 0 Å². The summed E-state index contributed by atoms with van der Waals surface area (Å²) in [7, 11) is 1.66. The lowest BCUT2D eigenvalue weighted by Crippen LogP contribution is -1.95. The van der Waals surface area contributed by atoms with Gasteiger partial charge in [-0.3, -0.25) is 0 Å². The first kappa shape index (κ1) is 14.0. The maximum atomic E-state index is 6.40. The van der Waals surface area contributed by atoms with Gasteiger partial charge in [-0.2, -0.15) is 0 Å². The quantitative estimate of drug-likeness (QED) is 0.660. The van der Waals surface area contributed by atoms with E-state index in [0.717, 1.165) is 33.9 Å². The SMILES string of the molecule is COc1ccc(-c2nc3c(C)cccn3c2C(C)Cl)cc1. The molecular weight excluding hydrogens is 284 g/mol. The average Bonchev–Trinajstić information content (AvgIpc) is 2.88. The van der Waals surface area contributed by atoms with Crippen LogP contribution in [-0.2, 0) is 0 Å². The third-order valence-electron chi connectivity index (χ3n) is 3.62. The summed E-state index contributed by atoms with van der Waals surface area (Å²) in [6, 6.07) is 12.0.